The molecule has 3 rings (SSSR count). The van der Waals surface area contributed by atoms with E-state index in [0.29, 0.717) is 17.7 Å². The number of halogens is 4. The number of hydrogen-bond donors (Lipinski definition) is 1. The van der Waals surface area contributed by atoms with Gasteiger partial charge >= 0.3 is 0 Å². The van der Waals surface area contributed by atoms with E-state index < -0.39 is 42.1 Å². The van der Waals surface area contributed by atoms with Gasteiger partial charge in [0.25, 0.3) is 0 Å². The van der Waals surface area contributed by atoms with E-state index in [1.807, 2.05) is 0 Å². The molecule has 1 aromatic heterocycles. The summed E-state index contributed by atoms with van der Waals surface area (Å²) in [5.74, 6) is -1.91. The molecule has 6 nitrogen and oxygen atoms in total. The predicted octanol–water partition coefficient (Wildman–Crippen LogP) is 5.86. The summed E-state index contributed by atoms with van der Waals surface area (Å²) in [5, 5.41) is 9.52. The molecule has 0 radical (unpaired) electrons. The van der Waals surface area contributed by atoms with Crippen molar-refractivity contribution in [2.24, 2.45) is 0 Å². The molecule has 3 aromatic rings. The molecule has 0 aliphatic heterocycles. The highest BCUT2D eigenvalue weighted by atomic mass is 35.5. The predicted molar refractivity (Wildman–Crippen MR) is 139 cm³/mol. The summed E-state index contributed by atoms with van der Waals surface area (Å²) in [7, 11) is -5.24. The minimum Gasteiger partial charge on any atom is -0.390 e. The molecule has 36 heavy (non-hydrogen) atoms. The summed E-state index contributed by atoms with van der Waals surface area (Å²) in [6, 6.07) is 8.97. The topological polar surface area (TPSA) is 81.4 Å². The van der Waals surface area contributed by atoms with Crippen LogP contribution in [0, 0.1) is 11.6 Å². The Morgan fingerprint density at radius 3 is 2.00 bits per heavy atom. The smallest absolute Gasteiger partial charge is 0.194 e. The highest BCUT2D eigenvalue weighted by Gasteiger charge is 2.30. The average Bonchev–Trinajstić information content (AvgIpc) is 3.14. The number of sulfone groups is 1. The van der Waals surface area contributed by atoms with Crippen molar-refractivity contribution in [3.8, 4) is 0 Å². The van der Waals surface area contributed by atoms with Gasteiger partial charge in [0.1, 0.15) is 24.2 Å². The van der Waals surface area contributed by atoms with Crippen LogP contribution in [0.1, 0.15) is 28.6 Å². The molecule has 0 aliphatic rings. The van der Waals surface area contributed by atoms with Gasteiger partial charge in [0.05, 0.1) is 28.3 Å². The van der Waals surface area contributed by atoms with E-state index in [1.165, 1.54) is 41.0 Å². The Bertz CT molecular complexity index is 1310. The van der Waals surface area contributed by atoms with Crippen LogP contribution >= 0.6 is 23.2 Å². The largest absolute Gasteiger partial charge is 0.390 e. The monoisotopic (exact) mass is 576 g/mol. The van der Waals surface area contributed by atoms with Crippen LogP contribution in [-0.2, 0) is 27.9 Å². The Hall–Kier alpha value is -1.82. The first-order chi connectivity index (χ1) is 16.7. The number of nitrogens with zero attached hydrogens (tertiary/aromatic N) is 2. The van der Waals surface area contributed by atoms with Crippen LogP contribution in [-0.4, -0.2) is 44.0 Å². The van der Waals surface area contributed by atoms with Crippen LogP contribution in [0.2, 0.25) is 35.7 Å². The fourth-order valence-corrected chi connectivity index (χ4v) is 5.70. The van der Waals surface area contributed by atoms with Crippen molar-refractivity contribution >= 4 is 41.1 Å². The zero-order valence-corrected chi connectivity index (χ0v) is 23.7. The minimum atomic E-state index is -3.84. The Morgan fingerprint density at radius 2 is 1.58 bits per heavy atom. The Balaban J connectivity index is 2.24. The van der Waals surface area contributed by atoms with Crippen molar-refractivity contribution in [2.75, 3.05) is 12.9 Å². The van der Waals surface area contributed by atoms with Crippen LogP contribution in [0.25, 0.3) is 0 Å². The molecule has 12 heteroatoms. The van der Waals surface area contributed by atoms with Crippen molar-refractivity contribution in [3.05, 3.63) is 80.7 Å². The lowest BCUT2D eigenvalue weighted by Gasteiger charge is -2.22. The third-order valence-corrected chi connectivity index (χ3v) is 8.91. The summed E-state index contributed by atoms with van der Waals surface area (Å²) < 4.78 is 60.5. The number of rotatable bonds is 10. The summed E-state index contributed by atoms with van der Waals surface area (Å²) in [6.07, 6.45) is 0.993. The fourth-order valence-electron chi connectivity index (χ4n) is 3.71. The average molecular weight is 578 g/mol. The molecule has 0 saturated carbocycles. The molecule has 0 fully saturated rings. The molecule has 196 valence electrons. The Labute approximate surface area is 220 Å². The molecule has 1 heterocycles. The normalized spacial score (nSPS) is 12.5. The molecule has 2 aromatic carbocycles. The first-order valence-electron chi connectivity index (χ1n) is 11.1. The van der Waals surface area contributed by atoms with Gasteiger partial charge in [0, 0.05) is 20.9 Å². The van der Waals surface area contributed by atoms with Gasteiger partial charge in [-0.05, 0) is 41.4 Å². The fraction of sp³-hybridized carbons (Fsp3) is 0.375. The maximum absolute atomic E-state index is 14.0. The van der Waals surface area contributed by atoms with Gasteiger partial charge in [0.2, 0.25) is 0 Å². The standard InChI is InChI=1S/C24H28Cl2F2N2O4SSi/c1-35(32,33)24-21(13-31)30(14-34-9-10-36(2,3)4)23(29-24)22(15-5-7-19(27)17(25)11-15)16-6-8-20(28)18(26)12-16/h5-8,11-12,22,31H,9-10,13-14H2,1-4H3. The summed E-state index contributed by atoms with van der Waals surface area (Å²) in [6.45, 7) is 6.33. The SMILES string of the molecule is C[Si](C)(C)CCOCn1c(C(c2ccc(F)c(Cl)c2)c2ccc(F)c(Cl)c2)nc(S(C)(=O)=O)c1CO. The van der Waals surface area contributed by atoms with E-state index in [9.17, 15) is 22.3 Å². The minimum absolute atomic E-state index is 0.0481. The Kier molecular flexibility index (Phi) is 9.01. The van der Waals surface area contributed by atoms with Gasteiger partial charge in [-0.3, -0.25) is 0 Å². The molecule has 0 atom stereocenters. The van der Waals surface area contributed by atoms with E-state index in [4.69, 9.17) is 27.9 Å². The highest BCUT2D eigenvalue weighted by Crippen LogP contribution is 2.37. The number of hydrogen-bond acceptors (Lipinski definition) is 5. The molecular weight excluding hydrogens is 549 g/mol. The lowest BCUT2D eigenvalue weighted by molar-refractivity contribution is 0.0796. The van der Waals surface area contributed by atoms with E-state index >= 15 is 0 Å². The van der Waals surface area contributed by atoms with Gasteiger partial charge in [-0.2, -0.15) is 0 Å². The van der Waals surface area contributed by atoms with Crippen molar-refractivity contribution in [1.29, 1.82) is 0 Å². The van der Waals surface area contributed by atoms with E-state index in [1.54, 1.807) is 0 Å². The quantitative estimate of drug-likeness (QED) is 0.241. The highest BCUT2D eigenvalue weighted by molar-refractivity contribution is 7.90. The van der Waals surface area contributed by atoms with Crippen molar-refractivity contribution in [2.45, 2.75) is 50.0 Å². The van der Waals surface area contributed by atoms with Crippen LogP contribution < -0.4 is 0 Å². The van der Waals surface area contributed by atoms with Gasteiger partial charge in [-0.15, -0.1) is 0 Å². The van der Waals surface area contributed by atoms with Crippen LogP contribution in [0.3, 0.4) is 0 Å². The maximum Gasteiger partial charge on any atom is 0.194 e. The van der Waals surface area contributed by atoms with Crippen molar-refractivity contribution < 1.29 is 27.0 Å². The van der Waals surface area contributed by atoms with Crippen molar-refractivity contribution in [3.63, 3.8) is 0 Å². The van der Waals surface area contributed by atoms with Crippen LogP contribution in [0.4, 0.5) is 8.78 Å². The molecule has 0 aliphatic carbocycles. The lowest BCUT2D eigenvalue weighted by Crippen LogP contribution is -2.23. The molecule has 0 bridgehead atoms. The third kappa shape index (κ3) is 6.73. The number of aliphatic hydroxyl groups excluding tert-OH is 1. The lowest BCUT2D eigenvalue weighted by atomic mass is 9.90. The molecule has 0 amide bonds. The molecule has 0 unspecified atom stereocenters. The number of benzene rings is 2. The van der Waals surface area contributed by atoms with Gasteiger partial charge in [-0.25, -0.2) is 22.2 Å². The van der Waals surface area contributed by atoms with Gasteiger partial charge in [0.15, 0.2) is 14.9 Å². The molecule has 0 spiro atoms. The second kappa shape index (κ2) is 11.3. The summed E-state index contributed by atoms with van der Waals surface area (Å²) in [4.78, 5) is 4.41. The van der Waals surface area contributed by atoms with Gasteiger partial charge in [-0.1, -0.05) is 55.0 Å². The molecular formula is C24H28Cl2F2N2O4SSi. The van der Waals surface area contributed by atoms with Crippen molar-refractivity contribution in [1.82, 2.24) is 9.55 Å². The van der Waals surface area contributed by atoms with Crippen LogP contribution in [0.5, 0.6) is 0 Å². The second-order valence-corrected chi connectivity index (χ2v) is 18.1. The summed E-state index contributed by atoms with van der Waals surface area (Å²) >= 11 is 12.1. The maximum atomic E-state index is 14.0. The second-order valence-electron chi connectivity index (χ2n) is 9.71. The third-order valence-electron chi connectivity index (χ3n) is 5.60. The zero-order valence-electron chi connectivity index (χ0n) is 20.4. The van der Waals surface area contributed by atoms with E-state index in [2.05, 4.69) is 24.6 Å². The van der Waals surface area contributed by atoms with E-state index in [0.717, 1.165) is 12.3 Å². The zero-order chi connectivity index (χ0) is 26.8. The van der Waals surface area contributed by atoms with Crippen LogP contribution in [0.15, 0.2) is 41.4 Å². The first kappa shape index (κ1) is 28.7. The summed E-state index contributed by atoms with van der Waals surface area (Å²) in [5.41, 5.74) is 0.968. The molecule has 1 N–H and O–H groups in total. The number of aliphatic hydroxyl groups is 1. The molecule has 0 saturated heterocycles. The number of imidazole rings is 1. The number of ether oxygens (including phenoxy) is 1. The van der Waals surface area contributed by atoms with Gasteiger partial charge < -0.3 is 14.4 Å². The first-order valence-corrected chi connectivity index (χ1v) is 17.5. The van der Waals surface area contributed by atoms with E-state index in [-0.39, 0.29) is 33.3 Å². The number of aromatic nitrogens is 2. The Morgan fingerprint density at radius 1 is 1.06 bits per heavy atom.